The number of allylic oxidation sites excluding steroid dienone is 1. The van der Waals surface area contributed by atoms with Crippen LogP contribution in [0.3, 0.4) is 0 Å². The molecule has 0 fully saturated rings. The Morgan fingerprint density at radius 2 is 1.83 bits per heavy atom. The van der Waals surface area contributed by atoms with Crippen molar-refractivity contribution in [2.75, 3.05) is 6.61 Å². The molecular weight excluding hydrogens is 487 g/mol. The summed E-state index contributed by atoms with van der Waals surface area (Å²) >= 11 is 6.53. The van der Waals surface area contributed by atoms with Crippen LogP contribution in [0.15, 0.2) is 79.1 Å². The zero-order valence-electron chi connectivity index (χ0n) is 20.3. The third-order valence-corrected chi connectivity index (χ3v) is 5.74. The van der Waals surface area contributed by atoms with Gasteiger partial charge >= 0.3 is 6.18 Å². The zero-order chi connectivity index (χ0) is 26.1. The van der Waals surface area contributed by atoms with Gasteiger partial charge in [-0.15, -0.1) is 0 Å². The summed E-state index contributed by atoms with van der Waals surface area (Å²) in [6.45, 7) is 8.35. The number of halogens is 4. The average Bonchev–Trinajstić information content (AvgIpc) is 2.86. The molecule has 1 atom stereocenters. The highest BCUT2D eigenvalue weighted by Gasteiger charge is 2.30. The maximum Gasteiger partial charge on any atom is 0.416 e. The van der Waals surface area contributed by atoms with Crippen molar-refractivity contribution < 1.29 is 22.6 Å². The van der Waals surface area contributed by atoms with E-state index in [9.17, 15) is 13.2 Å². The summed E-state index contributed by atoms with van der Waals surface area (Å²) in [5.74, 6) is 1.09. The lowest BCUT2D eigenvalue weighted by Crippen LogP contribution is -2.10. The topological polar surface area (TPSA) is 31.4 Å². The molecule has 3 nitrogen and oxygen atoms in total. The Labute approximate surface area is 215 Å². The van der Waals surface area contributed by atoms with Crippen LogP contribution in [0.5, 0.6) is 5.75 Å². The molecule has 0 spiro atoms. The van der Waals surface area contributed by atoms with Crippen molar-refractivity contribution in [3.8, 4) is 17.0 Å². The van der Waals surface area contributed by atoms with E-state index in [1.165, 1.54) is 12.1 Å². The Morgan fingerprint density at radius 1 is 1.08 bits per heavy atom. The fourth-order valence-corrected chi connectivity index (χ4v) is 3.80. The lowest BCUT2D eigenvalue weighted by molar-refractivity contribution is -0.137. The van der Waals surface area contributed by atoms with Gasteiger partial charge in [0, 0.05) is 5.56 Å². The molecule has 3 rings (SSSR count). The Bertz CT molecular complexity index is 1190. The number of unbranched alkanes of at least 4 members (excludes halogenated alkanes) is 1. The highest BCUT2D eigenvalue weighted by atomic mass is 35.5. The highest BCUT2D eigenvalue weighted by molar-refractivity contribution is 6.32. The first kappa shape index (κ1) is 27.3. The molecule has 0 aliphatic heterocycles. The molecule has 0 aliphatic rings. The predicted molar refractivity (Wildman–Crippen MR) is 139 cm³/mol. The molecule has 0 N–H and O–H groups in total. The highest BCUT2D eigenvalue weighted by Crippen LogP contribution is 2.34. The first-order valence-electron chi connectivity index (χ1n) is 11.8. The number of pyridine rings is 1. The van der Waals surface area contributed by atoms with E-state index >= 15 is 0 Å². The average molecular weight is 516 g/mol. The molecule has 0 radical (unpaired) electrons. The van der Waals surface area contributed by atoms with Crippen molar-refractivity contribution in [3.63, 3.8) is 0 Å². The molecule has 1 aromatic heterocycles. The van der Waals surface area contributed by atoms with Gasteiger partial charge in [0.25, 0.3) is 0 Å². The molecule has 0 bridgehead atoms. The number of hydrogen-bond donors (Lipinski definition) is 0. The van der Waals surface area contributed by atoms with Crippen LogP contribution in [0.2, 0.25) is 5.02 Å². The lowest BCUT2D eigenvalue weighted by atomic mass is 10.1. The second kappa shape index (κ2) is 12.6. The molecule has 36 heavy (non-hydrogen) atoms. The standard InChI is InChI=1S/C29H29ClF3NO2/c1-4-6-10-28(36-27-18-13-21(19-24(27)30)12-11-20(3)35-5-2)26-9-7-8-25(34-26)22-14-16-23(17-15-22)29(31,32)33/h7-9,11-19,28H,3-6,10H2,1-2H3/b12-11+/t28-/m0/s1. The van der Waals surface area contributed by atoms with E-state index < -0.39 is 11.7 Å². The summed E-state index contributed by atoms with van der Waals surface area (Å²) in [6.07, 6.45) is 1.49. The second-order valence-corrected chi connectivity index (χ2v) is 8.60. The van der Waals surface area contributed by atoms with Crippen molar-refractivity contribution in [2.45, 2.75) is 45.4 Å². The van der Waals surface area contributed by atoms with E-state index in [0.717, 1.165) is 30.5 Å². The van der Waals surface area contributed by atoms with Gasteiger partial charge in [-0.3, -0.25) is 0 Å². The molecule has 0 saturated heterocycles. The number of rotatable bonds is 11. The van der Waals surface area contributed by atoms with Crippen LogP contribution in [0, 0.1) is 0 Å². The van der Waals surface area contributed by atoms with Crippen LogP contribution in [-0.2, 0) is 10.9 Å². The minimum absolute atomic E-state index is 0.365. The Hall–Kier alpha value is -3.25. The molecule has 0 amide bonds. The van der Waals surface area contributed by atoms with Crippen LogP contribution in [-0.4, -0.2) is 11.6 Å². The monoisotopic (exact) mass is 515 g/mol. The molecule has 0 saturated carbocycles. The molecule has 7 heteroatoms. The quantitative estimate of drug-likeness (QED) is 0.188. The first-order chi connectivity index (χ1) is 17.2. The van der Waals surface area contributed by atoms with Gasteiger partial charge in [-0.25, -0.2) is 4.98 Å². The van der Waals surface area contributed by atoms with Crippen LogP contribution in [0.4, 0.5) is 13.2 Å². The van der Waals surface area contributed by atoms with Crippen molar-refractivity contribution >= 4 is 17.7 Å². The Morgan fingerprint density at radius 3 is 2.47 bits per heavy atom. The Kier molecular flexibility index (Phi) is 9.59. The second-order valence-electron chi connectivity index (χ2n) is 8.19. The van der Waals surface area contributed by atoms with E-state index in [1.807, 2.05) is 37.3 Å². The summed E-state index contributed by atoms with van der Waals surface area (Å²) in [4.78, 5) is 4.71. The zero-order valence-corrected chi connectivity index (χ0v) is 21.1. The third-order valence-electron chi connectivity index (χ3n) is 5.44. The van der Waals surface area contributed by atoms with Gasteiger partial charge in [0.15, 0.2) is 0 Å². The number of benzene rings is 2. The number of aromatic nitrogens is 1. The number of ether oxygens (including phenoxy) is 2. The van der Waals surface area contributed by atoms with Crippen LogP contribution >= 0.6 is 11.6 Å². The Balaban J connectivity index is 1.83. The van der Waals surface area contributed by atoms with Gasteiger partial charge in [0.2, 0.25) is 0 Å². The lowest BCUT2D eigenvalue weighted by Gasteiger charge is -2.20. The molecule has 2 aromatic carbocycles. The summed E-state index contributed by atoms with van der Waals surface area (Å²) in [7, 11) is 0. The smallest absolute Gasteiger partial charge is 0.416 e. The van der Waals surface area contributed by atoms with Gasteiger partial charge in [0.05, 0.1) is 28.6 Å². The summed E-state index contributed by atoms with van der Waals surface area (Å²) < 4.78 is 50.4. The SMILES string of the molecule is C=C(/C=C/c1ccc(O[C@@H](CCCC)c2cccc(-c3ccc(C(F)(F)F)cc3)n2)c(Cl)c1)OCC. The molecule has 190 valence electrons. The molecule has 0 unspecified atom stereocenters. The molecule has 1 heterocycles. The maximum atomic E-state index is 12.9. The molecule has 0 aliphatic carbocycles. The predicted octanol–water partition coefficient (Wildman–Crippen LogP) is 9.29. The van der Waals surface area contributed by atoms with E-state index in [4.69, 9.17) is 26.1 Å². The minimum atomic E-state index is -4.38. The number of nitrogens with zero attached hydrogens (tertiary/aromatic N) is 1. The van der Waals surface area contributed by atoms with E-state index in [2.05, 4.69) is 13.5 Å². The fourth-order valence-electron chi connectivity index (χ4n) is 3.57. The summed E-state index contributed by atoms with van der Waals surface area (Å²) in [5, 5.41) is 0.458. The minimum Gasteiger partial charge on any atom is -0.495 e. The summed E-state index contributed by atoms with van der Waals surface area (Å²) in [6, 6.07) is 16.0. The van der Waals surface area contributed by atoms with E-state index in [0.29, 0.717) is 46.5 Å². The summed E-state index contributed by atoms with van der Waals surface area (Å²) in [5.41, 5.74) is 2.05. The normalized spacial score (nSPS) is 12.5. The largest absolute Gasteiger partial charge is 0.495 e. The number of hydrogen-bond acceptors (Lipinski definition) is 3. The fraction of sp³-hybridized carbons (Fsp3) is 0.276. The van der Waals surface area contributed by atoms with Crippen LogP contribution in [0.25, 0.3) is 17.3 Å². The molecular formula is C29H29ClF3NO2. The maximum absolute atomic E-state index is 12.9. The van der Waals surface area contributed by atoms with Crippen molar-refractivity contribution in [3.05, 3.63) is 101 Å². The van der Waals surface area contributed by atoms with Crippen molar-refractivity contribution in [1.82, 2.24) is 4.98 Å². The van der Waals surface area contributed by atoms with Gasteiger partial charge in [-0.2, -0.15) is 13.2 Å². The van der Waals surface area contributed by atoms with Crippen molar-refractivity contribution in [2.24, 2.45) is 0 Å². The van der Waals surface area contributed by atoms with Gasteiger partial charge in [-0.05, 0) is 67.8 Å². The van der Waals surface area contributed by atoms with E-state index in [-0.39, 0.29) is 6.10 Å². The third kappa shape index (κ3) is 7.62. The van der Waals surface area contributed by atoms with Crippen LogP contribution < -0.4 is 4.74 Å². The van der Waals surface area contributed by atoms with Gasteiger partial charge < -0.3 is 9.47 Å². The van der Waals surface area contributed by atoms with E-state index in [1.54, 1.807) is 18.2 Å². The number of alkyl halides is 3. The van der Waals surface area contributed by atoms with Gasteiger partial charge in [0.1, 0.15) is 17.6 Å². The van der Waals surface area contributed by atoms with Crippen molar-refractivity contribution in [1.29, 1.82) is 0 Å². The van der Waals surface area contributed by atoms with Gasteiger partial charge in [-0.1, -0.05) is 61.9 Å². The first-order valence-corrected chi connectivity index (χ1v) is 12.2. The molecule has 3 aromatic rings. The van der Waals surface area contributed by atoms with Crippen LogP contribution in [0.1, 0.15) is 56.0 Å².